The molecular formula is C12H15N3O2. The zero-order valence-electron chi connectivity index (χ0n) is 9.71. The van der Waals surface area contributed by atoms with Crippen molar-refractivity contribution >= 4 is 0 Å². The van der Waals surface area contributed by atoms with Gasteiger partial charge < -0.3 is 9.84 Å². The third kappa shape index (κ3) is 2.69. The molecule has 17 heavy (non-hydrogen) atoms. The van der Waals surface area contributed by atoms with Crippen LogP contribution in [0.2, 0.25) is 0 Å². The number of ether oxygens (including phenoxy) is 1. The second kappa shape index (κ2) is 5.56. The molecule has 5 heteroatoms. The molecule has 0 amide bonds. The van der Waals surface area contributed by atoms with Crippen molar-refractivity contribution in [1.82, 2.24) is 14.8 Å². The summed E-state index contributed by atoms with van der Waals surface area (Å²) in [5, 5.41) is 13.7. The number of pyridine rings is 1. The summed E-state index contributed by atoms with van der Waals surface area (Å²) in [7, 11) is 1.64. The summed E-state index contributed by atoms with van der Waals surface area (Å²) in [6.45, 7) is 1.18. The van der Waals surface area contributed by atoms with E-state index in [9.17, 15) is 5.11 Å². The number of aromatic nitrogens is 3. The summed E-state index contributed by atoms with van der Waals surface area (Å²) >= 11 is 0. The van der Waals surface area contributed by atoms with Crippen molar-refractivity contribution in [2.75, 3.05) is 13.7 Å². The molecule has 0 bridgehead atoms. The molecule has 0 aliphatic rings. The van der Waals surface area contributed by atoms with Crippen LogP contribution in [0.5, 0.6) is 0 Å². The minimum absolute atomic E-state index is 0.0260. The molecule has 2 rings (SSSR count). The lowest BCUT2D eigenvalue weighted by Gasteiger charge is -2.03. The highest BCUT2D eigenvalue weighted by Gasteiger charge is 2.08. The molecule has 2 heterocycles. The minimum atomic E-state index is -0.0260. The predicted octanol–water partition coefficient (Wildman–Crippen LogP) is 1.08. The van der Waals surface area contributed by atoms with Crippen LogP contribution in [0.3, 0.4) is 0 Å². The maximum absolute atomic E-state index is 9.26. The van der Waals surface area contributed by atoms with Crippen LogP contribution in [0, 0.1) is 0 Å². The second-order valence-electron chi connectivity index (χ2n) is 3.63. The second-order valence-corrected chi connectivity index (χ2v) is 3.63. The van der Waals surface area contributed by atoms with Crippen LogP contribution in [-0.2, 0) is 17.9 Å². The number of methoxy groups -OCH3 is 1. The van der Waals surface area contributed by atoms with Crippen molar-refractivity contribution in [3.63, 3.8) is 0 Å². The standard InChI is InChI=1S/C12H15N3O2/c1-17-7-6-15-11(9-16)8-12(14-15)10-2-4-13-5-3-10/h2-5,8,16H,6-7,9H2,1H3. The first-order chi connectivity index (χ1) is 8.35. The zero-order chi connectivity index (χ0) is 12.1. The topological polar surface area (TPSA) is 60.2 Å². The fraction of sp³-hybridized carbons (Fsp3) is 0.333. The van der Waals surface area contributed by atoms with Crippen LogP contribution in [-0.4, -0.2) is 33.6 Å². The molecule has 90 valence electrons. The molecule has 5 nitrogen and oxygen atoms in total. The van der Waals surface area contributed by atoms with Gasteiger partial charge in [-0.15, -0.1) is 0 Å². The molecule has 0 aromatic carbocycles. The summed E-state index contributed by atoms with van der Waals surface area (Å²) in [4.78, 5) is 3.97. The number of hydrogen-bond acceptors (Lipinski definition) is 4. The van der Waals surface area contributed by atoms with Crippen LogP contribution in [0.4, 0.5) is 0 Å². The summed E-state index contributed by atoms with van der Waals surface area (Å²) in [6.07, 6.45) is 3.45. The molecule has 0 aliphatic carbocycles. The van der Waals surface area contributed by atoms with Crippen molar-refractivity contribution in [1.29, 1.82) is 0 Å². The molecule has 0 saturated carbocycles. The van der Waals surface area contributed by atoms with E-state index in [-0.39, 0.29) is 6.61 Å². The van der Waals surface area contributed by atoms with Crippen molar-refractivity contribution in [3.05, 3.63) is 36.3 Å². The van der Waals surface area contributed by atoms with Gasteiger partial charge in [0.05, 0.1) is 31.1 Å². The molecule has 2 aromatic heterocycles. The van der Waals surface area contributed by atoms with Gasteiger partial charge in [0.1, 0.15) is 0 Å². The minimum Gasteiger partial charge on any atom is -0.390 e. The summed E-state index contributed by atoms with van der Waals surface area (Å²) in [5.41, 5.74) is 2.62. The Morgan fingerprint density at radius 3 is 2.76 bits per heavy atom. The molecule has 0 atom stereocenters. The Morgan fingerprint density at radius 2 is 2.12 bits per heavy atom. The molecule has 1 N–H and O–H groups in total. The highest BCUT2D eigenvalue weighted by molar-refractivity contribution is 5.58. The lowest BCUT2D eigenvalue weighted by molar-refractivity contribution is 0.179. The highest BCUT2D eigenvalue weighted by atomic mass is 16.5. The number of rotatable bonds is 5. The fourth-order valence-corrected chi connectivity index (χ4v) is 1.62. The van der Waals surface area contributed by atoms with Gasteiger partial charge in [-0.3, -0.25) is 9.67 Å². The van der Waals surface area contributed by atoms with Gasteiger partial charge in [0.2, 0.25) is 0 Å². The molecule has 0 fully saturated rings. The lowest BCUT2D eigenvalue weighted by Crippen LogP contribution is -2.09. The maximum Gasteiger partial charge on any atom is 0.0928 e. The van der Waals surface area contributed by atoms with Gasteiger partial charge in [0, 0.05) is 25.1 Å². The van der Waals surface area contributed by atoms with E-state index < -0.39 is 0 Å². The Balaban J connectivity index is 2.28. The normalized spacial score (nSPS) is 10.7. The van der Waals surface area contributed by atoms with Crippen molar-refractivity contribution < 1.29 is 9.84 Å². The molecule has 0 saturated heterocycles. The number of aliphatic hydroxyl groups is 1. The number of hydrogen-bond donors (Lipinski definition) is 1. The van der Waals surface area contributed by atoms with Gasteiger partial charge in [-0.1, -0.05) is 0 Å². The Labute approximate surface area is 99.7 Å². The Hall–Kier alpha value is -1.72. The lowest BCUT2D eigenvalue weighted by atomic mass is 10.2. The average Bonchev–Trinajstić information content (AvgIpc) is 2.80. The van der Waals surface area contributed by atoms with Crippen LogP contribution < -0.4 is 0 Å². The van der Waals surface area contributed by atoms with E-state index in [0.717, 1.165) is 17.0 Å². The van der Waals surface area contributed by atoms with E-state index in [4.69, 9.17) is 4.74 Å². The summed E-state index contributed by atoms with van der Waals surface area (Å²) < 4.78 is 6.77. The number of nitrogens with zero attached hydrogens (tertiary/aromatic N) is 3. The van der Waals surface area contributed by atoms with Crippen LogP contribution in [0.25, 0.3) is 11.3 Å². The fourth-order valence-electron chi connectivity index (χ4n) is 1.62. The van der Waals surface area contributed by atoms with Gasteiger partial charge in [-0.05, 0) is 18.2 Å². The summed E-state index contributed by atoms with van der Waals surface area (Å²) in [5.74, 6) is 0. The van der Waals surface area contributed by atoms with E-state index in [0.29, 0.717) is 13.2 Å². The van der Waals surface area contributed by atoms with Gasteiger partial charge in [0.25, 0.3) is 0 Å². The monoisotopic (exact) mass is 233 g/mol. The van der Waals surface area contributed by atoms with Crippen LogP contribution >= 0.6 is 0 Å². The first-order valence-electron chi connectivity index (χ1n) is 5.42. The Bertz CT molecular complexity index is 468. The maximum atomic E-state index is 9.26. The SMILES string of the molecule is COCCn1nc(-c2ccncc2)cc1CO. The zero-order valence-corrected chi connectivity index (χ0v) is 9.71. The van der Waals surface area contributed by atoms with Crippen molar-refractivity contribution in [3.8, 4) is 11.3 Å². The largest absolute Gasteiger partial charge is 0.390 e. The van der Waals surface area contributed by atoms with E-state index in [1.54, 1.807) is 24.2 Å². The van der Waals surface area contributed by atoms with Gasteiger partial charge in [0.15, 0.2) is 0 Å². The molecular weight excluding hydrogens is 218 g/mol. The molecule has 2 aromatic rings. The first kappa shape index (κ1) is 11.8. The highest BCUT2D eigenvalue weighted by Crippen LogP contribution is 2.18. The molecule has 0 radical (unpaired) electrons. The smallest absolute Gasteiger partial charge is 0.0928 e. The van der Waals surface area contributed by atoms with Crippen LogP contribution in [0.1, 0.15) is 5.69 Å². The Kier molecular flexibility index (Phi) is 3.85. The summed E-state index contributed by atoms with van der Waals surface area (Å²) in [6, 6.07) is 5.67. The van der Waals surface area contributed by atoms with Crippen molar-refractivity contribution in [2.45, 2.75) is 13.2 Å². The van der Waals surface area contributed by atoms with Crippen molar-refractivity contribution in [2.24, 2.45) is 0 Å². The van der Waals surface area contributed by atoms with E-state index in [1.807, 2.05) is 18.2 Å². The molecule has 0 aliphatic heterocycles. The predicted molar refractivity (Wildman–Crippen MR) is 63.3 cm³/mol. The molecule has 0 unspecified atom stereocenters. The van der Waals surface area contributed by atoms with E-state index >= 15 is 0 Å². The Morgan fingerprint density at radius 1 is 1.35 bits per heavy atom. The van der Waals surface area contributed by atoms with E-state index in [1.165, 1.54) is 0 Å². The third-order valence-electron chi connectivity index (χ3n) is 2.51. The van der Waals surface area contributed by atoms with Gasteiger partial charge >= 0.3 is 0 Å². The first-order valence-corrected chi connectivity index (χ1v) is 5.42. The van der Waals surface area contributed by atoms with E-state index in [2.05, 4.69) is 10.1 Å². The van der Waals surface area contributed by atoms with Gasteiger partial charge in [-0.2, -0.15) is 5.10 Å². The third-order valence-corrected chi connectivity index (χ3v) is 2.51. The quantitative estimate of drug-likeness (QED) is 0.839. The van der Waals surface area contributed by atoms with Gasteiger partial charge in [-0.25, -0.2) is 0 Å². The van der Waals surface area contributed by atoms with Crippen LogP contribution in [0.15, 0.2) is 30.6 Å². The number of aliphatic hydroxyl groups excluding tert-OH is 1. The molecule has 0 spiro atoms. The average molecular weight is 233 g/mol.